The van der Waals surface area contributed by atoms with Crippen molar-refractivity contribution in [1.82, 2.24) is 4.98 Å². The molecule has 180 valence electrons. The fraction of sp³-hybridized carbons (Fsp3) is 0.0714. The van der Waals surface area contributed by atoms with Crippen molar-refractivity contribution in [2.24, 2.45) is 0 Å². The molecule has 3 N–H and O–H groups in total. The molecule has 36 heavy (non-hydrogen) atoms. The number of aromatic nitrogens is 1. The number of nitrogens with zero attached hydrogens (tertiary/aromatic N) is 1. The predicted molar refractivity (Wildman–Crippen MR) is 135 cm³/mol. The van der Waals surface area contributed by atoms with Crippen LogP contribution in [0, 0.1) is 12.7 Å². The minimum atomic E-state index is -1.33. The number of carbonyl (C=O) groups is 3. The summed E-state index contributed by atoms with van der Waals surface area (Å²) in [6, 6.07) is 21.2. The number of nitrogens with one attached hydrogen (secondary N) is 2. The Morgan fingerprint density at radius 3 is 2.33 bits per heavy atom. The number of benzene rings is 3. The van der Waals surface area contributed by atoms with E-state index in [1.54, 1.807) is 42.6 Å². The average molecular weight is 483 g/mol. The van der Waals surface area contributed by atoms with Crippen LogP contribution in [-0.2, 0) is 4.79 Å². The zero-order valence-corrected chi connectivity index (χ0v) is 19.3. The second-order valence-corrected chi connectivity index (χ2v) is 8.09. The Kier molecular flexibility index (Phi) is 7.15. The highest BCUT2D eigenvalue weighted by molar-refractivity contribution is 6.12. The lowest BCUT2D eigenvalue weighted by atomic mass is 10.0. The van der Waals surface area contributed by atoms with Gasteiger partial charge in [-0.3, -0.25) is 19.9 Å². The highest BCUT2D eigenvalue weighted by Gasteiger charge is 2.16. The minimum absolute atomic E-state index is 0.0947. The van der Waals surface area contributed by atoms with Gasteiger partial charge in [-0.05, 0) is 48.4 Å². The van der Waals surface area contributed by atoms with Crippen LogP contribution in [0.5, 0.6) is 0 Å². The summed E-state index contributed by atoms with van der Waals surface area (Å²) in [4.78, 5) is 41.1. The van der Waals surface area contributed by atoms with Crippen LogP contribution < -0.4 is 10.6 Å². The van der Waals surface area contributed by atoms with Gasteiger partial charge in [-0.1, -0.05) is 48.5 Å². The van der Waals surface area contributed by atoms with Gasteiger partial charge < -0.3 is 10.4 Å². The van der Waals surface area contributed by atoms with Crippen molar-refractivity contribution in [3.63, 3.8) is 0 Å². The van der Waals surface area contributed by atoms with Crippen molar-refractivity contribution in [3.8, 4) is 22.3 Å². The van der Waals surface area contributed by atoms with Crippen LogP contribution in [0.4, 0.5) is 20.6 Å². The van der Waals surface area contributed by atoms with Gasteiger partial charge in [0, 0.05) is 28.6 Å². The molecule has 0 spiro atoms. The van der Waals surface area contributed by atoms with E-state index in [-0.39, 0.29) is 16.9 Å². The van der Waals surface area contributed by atoms with Gasteiger partial charge in [0.1, 0.15) is 5.82 Å². The number of ketones is 1. The maximum absolute atomic E-state index is 14.3. The molecule has 1 heterocycles. The SMILES string of the molecule is Cc1ccc(-c2cccc(C(=O)CC(=O)Nc3cc(-c4ccccc4F)ccc3NC(=O)O)c2)cn1. The third kappa shape index (κ3) is 5.79. The summed E-state index contributed by atoms with van der Waals surface area (Å²) in [6.07, 6.45) is -0.0837. The first-order valence-corrected chi connectivity index (χ1v) is 11.0. The maximum atomic E-state index is 14.3. The lowest BCUT2D eigenvalue weighted by Gasteiger charge is -2.13. The molecule has 4 rings (SSSR count). The van der Waals surface area contributed by atoms with Crippen LogP contribution in [0.1, 0.15) is 22.5 Å². The van der Waals surface area contributed by atoms with E-state index in [4.69, 9.17) is 5.11 Å². The molecule has 0 atom stereocenters. The summed E-state index contributed by atoms with van der Waals surface area (Å²) in [7, 11) is 0. The average Bonchev–Trinajstić information content (AvgIpc) is 2.85. The number of pyridine rings is 1. The van der Waals surface area contributed by atoms with Gasteiger partial charge >= 0.3 is 6.09 Å². The molecule has 0 aliphatic heterocycles. The molecule has 2 amide bonds. The largest absolute Gasteiger partial charge is 0.465 e. The van der Waals surface area contributed by atoms with Crippen molar-refractivity contribution >= 4 is 29.2 Å². The van der Waals surface area contributed by atoms with Crippen LogP contribution in [0.2, 0.25) is 0 Å². The predicted octanol–water partition coefficient (Wildman–Crippen LogP) is 6.16. The van der Waals surface area contributed by atoms with Crippen LogP contribution >= 0.6 is 0 Å². The summed E-state index contributed by atoms with van der Waals surface area (Å²) >= 11 is 0. The summed E-state index contributed by atoms with van der Waals surface area (Å²) in [5.41, 5.74) is 3.78. The molecule has 0 unspecified atom stereocenters. The van der Waals surface area contributed by atoms with E-state index in [1.807, 2.05) is 25.1 Å². The fourth-order valence-electron chi connectivity index (χ4n) is 3.69. The highest BCUT2D eigenvalue weighted by Crippen LogP contribution is 2.31. The third-order valence-corrected chi connectivity index (χ3v) is 5.47. The van der Waals surface area contributed by atoms with Crippen molar-refractivity contribution in [2.45, 2.75) is 13.3 Å². The summed E-state index contributed by atoms with van der Waals surface area (Å²) < 4.78 is 14.3. The number of anilines is 2. The molecule has 0 radical (unpaired) electrons. The van der Waals surface area contributed by atoms with Crippen molar-refractivity contribution < 1.29 is 23.9 Å². The highest BCUT2D eigenvalue weighted by atomic mass is 19.1. The summed E-state index contributed by atoms with van der Waals surface area (Å²) in [6.45, 7) is 1.88. The van der Waals surface area contributed by atoms with Gasteiger partial charge in [-0.15, -0.1) is 0 Å². The molecule has 0 aliphatic rings. The topological polar surface area (TPSA) is 108 Å². The van der Waals surface area contributed by atoms with E-state index in [0.29, 0.717) is 11.1 Å². The lowest BCUT2D eigenvalue weighted by molar-refractivity contribution is -0.115. The number of rotatable bonds is 7. The first-order chi connectivity index (χ1) is 17.3. The number of amides is 2. The number of halogens is 1. The molecule has 0 aliphatic carbocycles. The minimum Gasteiger partial charge on any atom is -0.465 e. The van der Waals surface area contributed by atoms with Gasteiger partial charge in [0.2, 0.25) is 5.91 Å². The molecule has 4 aromatic rings. The monoisotopic (exact) mass is 483 g/mol. The Balaban J connectivity index is 1.54. The second-order valence-electron chi connectivity index (χ2n) is 8.09. The zero-order valence-electron chi connectivity index (χ0n) is 19.3. The first-order valence-electron chi connectivity index (χ1n) is 11.0. The van der Waals surface area contributed by atoms with Gasteiger partial charge in [0.25, 0.3) is 0 Å². The third-order valence-electron chi connectivity index (χ3n) is 5.47. The van der Waals surface area contributed by atoms with E-state index < -0.39 is 30.0 Å². The number of Topliss-reactive ketones (excluding diaryl/α,β-unsaturated/α-hetero) is 1. The first kappa shape index (κ1) is 24.3. The Hall–Kier alpha value is -4.85. The normalized spacial score (nSPS) is 10.5. The van der Waals surface area contributed by atoms with Gasteiger partial charge in [0.15, 0.2) is 5.78 Å². The Morgan fingerprint density at radius 1 is 0.833 bits per heavy atom. The molecular formula is C28H22FN3O4. The van der Waals surface area contributed by atoms with Crippen LogP contribution in [0.25, 0.3) is 22.3 Å². The summed E-state index contributed by atoms with van der Waals surface area (Å²) in [5.74, 6) is -1.51. The lowest BCUT2D eigenvalue weighted by Crippen LogP contribution is -2.18. The van der Waals surface area contributed by atoms with Crippen LogP contribution in [-0.4, -0.2) is 27.9 Å². The molecule has 1 aromatic heterocycles. The maximum Gasteiger partial charge on any atom is 0.409 e. The molecule has 0 bridgehead atoms. The standard InChI is InChI=1S/C28H22FN3O4/c1-17-9-10-21(16-30-17)18-5-4-6-20(13-18)26(33)15-27(34)31-25-14-19(11-12-24(25)32-28(35)36)22-7-2-3-8-23(22)29/h2-14,16,32H,15H2,1H3,(H,31,34)(H,35,36). The molecule has 0 saturated carbocycles. The zero-order chi connectivity index (χ0) is 25.7. The van der Waals surface area contributed by atoms with Gasteiger partial charge in [-0.2, -0.15) is 0 Å². The molecule has 3 aromatic carbocycles. The Bertz CT molecular complexity index is 1450. The van der Waals surface area contributed by atoms with E-state index in [1.165, 1.54) is 24.3 Å². The van der Waals surface area contributed by atoms with Crippen molar-refractivity contribution in [3.05, 3.63) is 102 Å². The van der Waals surface area contributed by atoms with Gasteiger partial charge in [-0.25, -0.2) is 9.18 Å². The smallest absolute Gasteiger partial charge is 0.409 e. The van der Waals surface area contributed by atoms with Crippen molar-refractivity contribution in [2.75, 3.05) is 10.6 Å². The second kappa shape index (κ2) is 10.6. The number of carbonyl (C=O) groups excluding carboxylic acids is 2. The van der Waals surface area contributed by atoms with Gasteiger partial charge in [0.05, 0.1) is 17.8 Å². The Morgan fingerprint density at radius 2 is 1.61 bits per heavy atom. The Labute approximate surface area is 206 Å². The molecular weight excluding hydrogens is 461 g/mol. The van der Waals surface area contributed by atoms with Crippen LogP contribution in [0.15, 0.2) is 85.1 Å². The van der Waals surface area contributed by atoms with E-state index in [9.17, 15) is 18.8 Å². The van der Waals surface area contributed by atoms with E-state index >= 15 is 0 Å². The van der Waals surface area contributed by atoms with E-state index in [2.05, 4.69) is 15.6 Å². The number of carboxylic acid groups (broad SMARTS) is 1. The molecule has 7 nitrogen and oxygen atoms in total. The number of hydrogen-bond donors (Lipinski definition) is 3. The number of hydrogen-bond acceptors (Lipinski definition) is 4. The fourth-order valence-corrected chi connectivity index (χ4v) is 3.69. The summed E-state index contributed by atoms with van der Waals surface area (Å²) in [5, 5.41) is 13.9. The molecule has 0 fully saturated rings. The van der Waals surface area contributed by atoms with E-state index in [0.717, 1.165) is 16.8 Å². The van der Waals surface area contributed by atoms with Crippen molar-refractivity contribution in [1.29, 1.82) is 0 Å². The quantitative estimate of drug-likeness (QED) is 0.215. The molecule has 8 heteroatoms. The number of aryl methyl sites for hydroxylation is 1. The molecule has 0 saturated heterocycles. The van der Waals surface area contributed by atoms with Crippen LogP contribution in [0.3, 0.4) is 0 Å².